The Hall–Kier alpha value is -3.36. The highest BCUT2D eigenvalue weighted by atomic mass is 19.3. The summed E-state index contributed by atoms with van der Waals surface area (Å²) in [7, 11) is 0. The van der Waals surface area contributed by atoms with E-state index in [-0.39, 0.29) is 11.7 Å². The quantitative estimate of drug-likeness (QED) is 0.673. The fourth-order valence-electron chi connectivity index (χ4n) is 3.25. The zero-order valence-corrected chi connectivity index (χ0v) is 15.3. The summed E-state index contributed by atoms with van der Waals surface area (Å²) in [5, 5.41) is 4.22. The molecule has 0 bridgehead atoms. The van der Waals surface area contributed by atoms with Crippen molar-refractivity contribution in [2.75, 3.05) is 4.90 Å². The van der Waals surface area contributed by atoms with E-state index in [1.54, 1.807) is 21.8 Å². The molecule has 4 rings (SSSR count). The van der Waals surface area contributed by atoms with Crippen molar-refractivity contribution >= 4 is 11.6 Å². The lowest BCUT2D eigenvalue weighted by molar-refractivity contribution is -0.0500. The van der Waals surface area contributed by atoms with Gasteiger partial charge in [0.2, 0.25) is 0 Å². The minimum absolute atomic E-state index is 0.0443. The van der Waals surface area contributed by atoms with Crippen LogP contribution in [-0.2, 0) is 13.1 Å². The summed E-state index contributed by atoms with van der Waals surface area (Å²) in [5.74, 6) is -0.174. The summed E-state index contributed by atoms with van der Waals surface area (Å²) in [5.41, 5.74) is 3.73. The van der Waals surface area contributed by atoms with Crippen molar-refractivity contribution < 1.29 is 18.3 Å². The first kappa shape index (κ1) is 18.0. The monoisotopic (exact) mass is 385 g/mol. The lowest BCUT2D eigenvalue weighted by atomic mass is 10.1. The third-order valence-corrected chi connectivity index (χ3v) is 4.55. The van der Waals surface area contributed by atoms with Crippen molar-refractivity contribution in [1.82, 2.24) is 19.7 Å². The summed E-state index contributed by atoms with van der Waals surface area (Å²) in [6.07, 6.45) is 6.20. The lowest BCUT2D eigenvalue weighted by Crippen LogP contribution is -2.22. The second-order valence-electron chi connectivity index (χ2n) is 6.38. The molecule has 4 heterocycles. The lowest BCUT2D eigenvalue weighted by Gasteiger charge is -2.12. The molecule has 0 N–H and O–H groups in total. The molecule has 1 amide bonds. The molecule has 28 heavy (non-hydrogen) atoms. The Balaban J connectivity index is 1.68. The minimum atomic E-state index is -2.93. The first-order valence-corrected chi connectivity index (χ1v) is 8.71. The van der Waals surface area contributed by atoms with Gasteiger partial charge in [-0.2, -0.15) is 13.9 Å². The van der Waals surface area contributed by atoms with Gasteiger partial charge in [-0.1, -0.05) is 0 Å². The van der Waals surface area contributed by atoms with Crippen LogP contribution in [0, 0.1) is 6.92 Å². The smallest absolute Gasteiger partial charge is 0.387 e. The first-order valence-electron chi connectivity index (χ1n) is 8.71. The number of hydrogen-bond donors (Lipinski definition) is 0. The van der Waals surface area contributed by atoms with Gasteiger partial charge in [0.1, 0.15) is 5.75 Å². The van der Waals surface area contributed by atoms with E-state index in [4.69, 9.17) is 0 Å². The van der Waals surface area contributed by atoms with E-state index in [1.807, 2.05) is 20.0 Å². The van der Waals surface area contributed by atoms with Gasteiger partial charge in [-0.3, -0.25) is 24.3 Å². The molecule has 0 spiro atoms. The van der Waals surface area contributed by atoms with Gasteiger partial charge in [-0.15, -0.1) is 0 Å². The van der Waals surface area contributed by atoms with E-state index in [0.29, 0.717) is 41.3 Å². The largest absolute Gasteiger partial charge is 0.433 e. The van der Waals surface area contributed by atoms with Gasteiger partial charge in [0.25, 0.3) is 5.91 Å². The Morgan fingerprint density at radius 3 is 2.79 bits per heavy atom. The Morgan fingerprint density at radius 2 is 2.07 bits per heavy atom. The Labute approximate surface area is 159 Å². The molecule has 0 aliphatic carbocycles. The SMILES string of the molecule is CCn1cc(N2Cc3nc(-c4cncc(OC(F)F)c4)cc(C)c3C2=O)cn1. The summed E-state index contributed by atoms with van der Waals surface area (Å²) in [4.78, 5) is 23.0. The average molecular weight is 385 g/mol. The maximum atomic E-state index is 12.9. The van der Waals surface area contributed by atoms with Gasteiger partial charge in [0.15, 0.2) is 0 Å². The maximum Gasteiger partial charge on any atom is 0.387 e. The van der Waals surface area contributed by atoms with E-state index in [0.717, 1.165) is 5.56 Å². The fraction of sp³-hybridized carbons (Fsp3) is 0.263. The number of ether oxygens (including phenoxy) is 1. The third-order valence-electron chi connectivity index (χ3n) is 4.55. The molecule has 0 atom stereocenters. The van der Waals surface area contributed by atoms with Crippen molar-refractivity contribution in [3.05, 3.63) is 53.7 Å². The number of amides is 1. The molecular formula is C19H17F2N5O2. The van der Waals surface area contributed by atoms with Gasteiger partial charge in [0.05, 0.1) is 41.6 Å². The summed E-state index contributed by atoms with van der Waals surface area (Å²) in [6, 6.07) is 3.20. The Bertz CT molecular complexity index is 1050. The van der Waals surface area contributed by atoms with Crippen LogP contribution >= 0.6 is 0 Å². The highest BCUT2D eigenvalue weighted by Crippen LogP contribution is 2.32. The van der Waals surface area contributed by atoms with Crippen LogP contribution < -0.4 is 9.64 Å². The number of fused-ring (bicyclic) bond motifs is 1. The molecule has 0 saturated heterocycles. The van der Waals surface area contributed by atoms with Gasteiger partial charge in [-0.05, 0) is 31.5 Å². The summed E-state index contributed by atoms with van der Waals surface area (Å²) >= 11 is 0. The molecule has 3 aromatic rings. The van der Waals surface area contributed by atoms with Crippen molar-refractivity contribution in [2.24, 2.45) is 0 Å². The number of hydrogen-bond acceptors (Lipinski definition) is 5. The Morgan fingerprint density at radius 1 is 1.25 bits per heavy atom. The van der Waals surface area contributed by atoms with Gasteiger partial charge >= 0.3 is 6.61 Å². The number of carbonyl (C=O) groups excluding carboxylic acids is 1. The van der Waals surface area contributed by atoms with Crippen LogP contribution in [0.25, 0.3) is 11.3 Å². The number of pyridine rings is 2. The van der Waals surface area contributed by atoms with E-state index in [1.165, 1.54) is 18.5 Å². The zero-order valence-electron chi connectivity index (χ0n) is 15.3. The predicted octanol–water partition coefficient (Wildman–Crippen LogP) is 3.43. The second kappa shape index (κ2) is 6.99. The van der Waals surface area contributed by atoms with Crippen molar-refractivity contribution in [3.63, 3.8) is 0 Å². The van der Waals surface area contributed by atoms with Crippen LogP contribution in [0.4, 0.5) is 14.5 Å². The zero-order chi connectivity index (χ0) is 19.8. The molecule has 1 aliphatic rings. The molecule has 0 fully saturated rings. The number of aromatic nitrogens is 4. The molecule has 0 radical (unpaired) electrons. The number of nitrogens with zero attached hydrogens (tertiary/aromatic N) is 5. The highest BCUT2D eigenvalue weighted by molar-refractivity contribution is 6.10. The standard InChI is InChI=1S/C19H17F2N5O2/c1-3-25-9-13(7-23-25)26-10-16-17(18(26)27)11(2)4-15(24-16)12-5-14(8-22-6-12)28-19(20)21/h4-9,19H,3,10H2,1-2H3. The van der Waals surface area contributed by atoms with Crippen LogP contribution in [0.1, 0.15) is 28.5 Å². The van der Waals surface area contributed by atoms with Crippen LogP contribution in [0.5, 0.6) is 5.75 Å². The predicted molar refractivity (Wildman–Crippen MR) is 97.3 cm³/mol. The van der Waals surface area contributed by atoms with Crippen LogP contribution in [0.2, 0.25) is 0 Å². The molecule has 9 heteroatoms. The van der Waals surface area contributed by atoms with Crippen molar-refractivity contribution in [2.45, 2.75) is 33.5 Å². The normalized spacial score (nSPS) is 13.3. The van der Waals surface area contributed by atoms with Crippen LogP contribution in [0.3, 0.4) is 0 Å². The van der Waals surface area contributed by atoms with E-state index >= 15 is 0 Å². The molecular weight excluding hydrogens is 368 g/mol. The number of anilines is 1. The summed E-state index contributed by atoms with van der Waals surface area (Å²) in [6.45, 7) is 1.89. The number of alkyl halides is 2. The maximum absolute atomic E-state index is 12.9. The summed E-state index contributed by atoms with van der Waals surface area (Å²) < 4.78 is 31.1. The second-order valence-corrected chi connectivity index (χ2v) is 6.38. The van der Waals surface area contributed by atoms with E-state index in [9.17, 15) is 13.6 Å². The van der Waals surface area contributed by atoms with Crippen LogP contribution in [0.15, 0.2) is 36.9 Å². The van der Waals surface area contributed by atoms with E-state index in [2.05, 4.69) is 19.8 Å². The molecule has 3 aromatic heterocycles. The van der Waals surface area contributed by atoms with Gasteiger partial charge in [0, 0.05) is 24.5 Å². The van der Waals surface area contributed by atoms with Crippen molar-refractivity contribution in [3.8, 4) is 17.0 Å². The number of aryl methyl sites for hydroxylation is 2. The first-order chi connectivity index (χ1) is 13.5. The van der Waals surface area contributed by atoms with Crippen LogP contribution in [-0.4, -0.2) is 32.3 Å². The number of carbonyl (C=O) groups is 1. The molecule has 144 valence electrons. The van der Waals surface area contributed by atoms with Gasteiger partial charge in [-0.25, -0.2) is 0 Å². The average Bonchev–Trinajstić information content (AvgIpc) is 3.26. The third kappa shape index (κ3) is 3.19. The highest BCUT2D eigenvalue weighted by Gasteiger charge is 2.32. The topological polar surface area (TPSA) is 73.1 Å². The van der Waals surface area contributed by atoms with Crippen molar-refractivity contribution in [1.29, 1.82) is 0 Å². The number of halogens is 2. The molecule has 0 aromatic carbocycles. The molecule has 0 saturated carbocycles. The minimum Gasteiger partial charge on any atom is -0.433 e. The van der Waals surface area contributed by atoms with E-state index < -0.39 is 6.61 Å². The Kier molecular flexibility index (Phi) is 4.50. The number of rotatable bonds is 5. The molecule has 0 unspecified atom stereocenters. The van der Waals surface area contributed by atoms with Gasteiger partial charge < -0.3 is 4.74 Å². The fourth-order valence-corrected chi connectivity index (χ4v) is 3.25. The molecule has 7 nitrogen and oxygen atoms in total. The molecule has 1 aliphatic heterocycles.